The number of piperidine rings is 1. The molecule has 252 valence electrons. The minimum absolute atomic E-state index is 0.0576. The first-order valence-corrected chi connectivity index (χ1v) is 17.8. The van der Waals surface area contributed by atoms with Gasteiger partial charge in [-0.1, -0.05) is 20.4 Å². The largest absolute Gasteiger partial charge is 0.353 e. The van der Waals surface area contributed by atoms with Gasteiger partial charge in [0.25, 0.3) is 0 Å². The van der Waals surface area contributed by atoms with Crippen LogP contribution in [0.15, 0.2) is 12.7 Å². The Morgan fingerprint density at radius 1 is 1.09 bits per heavy atom. The number of urea groups is 1. The molecular formula is C31H50F2N8O3S. The molecule has 5 saturated heterocycles. The van der Waals surface area contributed by atoms with Crippen LogP contribution < -0.4 is 26.6 Å². The summed E-state index contributed by atoms with van der Waals surface area (Å²) in [7, 11) is 0. The van der Waals surface area contributed by atoms with Crippen molar-refractivity contribution in [3.8, 4) is 0 Å². The van der Waals surface area contributed by atoms with E-state index in [4.69, 9.17) is 0 Å². The summed E-state index contributed by atoms with van der Waals surface area (Å²) in [4.78, 5) is 45.7. The molecule has 0 aromatic rings. The molecule has 5 N–H and O–H groups in total. The number of hydrogen-bond acceptors (Lipinski definition) is 8. The standard InChI is InChI=1S/C31H50F2N8O3S/c1-5-23(43)39-10-11-40(17(4)14-39)28-18-13-20(33)26-24-19(32)7-6-8-21(24)36-22(42)9-12-45-30-27(25(16(2)3)34-15-35-30)41(29(18)37-26)31(44)38-28/h5,16-21,24-30,34-35,37H,1,6-15H2,2-4H3,(H,36,42)(H,38,44)/t17-,18?,19?,20?,21?,24?,25?,26?,27?,28?,29?,30?/m1/s1. The Kier molecular flexibility index (Phi) is 9.96. The summed E-state index contributed by atoms with van der Waals surface area (Å²) in [6.45, 7) is 12.0. The molecule has 6 fully saturated rings. The zero-order chi connectivity index (χ0) is 32.0. The van der Waals surface area contributed by atoms with Gasteiger partial charge in [0, 0.05) is 74.5 Å². The molecule has 6 aliphatic rings. The monoisotopic (exact) mass is 652 g/mol. The lowest BCUT2D eigenvalue weighted by Crippen LogP contribution is -2.81. The summed E-state index contributed by atoms with van der Waals surface area (Å²) in [6, 6.07) is -2.01. The highest BCUT2D eigenvalue weighted by molar-refractivity contribution is 7.99. The molecule has 11 unspecified atom stereocenters. The number of thioether (sulfide) groups is 1. The number of carbonyl (C=O) groups excluding carboxylic acids is 3. The summed E-state index contributed by atoms with van der Waals surface area (Å²) in [5.74, 6) is -0.606. The fraction of sp³-hybridized carbons (Fsp3) is 0.839. The zero-order valence-electron chi connectivity index (χ0n) is 26.6. The van der Waals surface area contributed by atoms with Gasteiger partial charge in [-0.2, -0.15) is 0 Å². The van der Waals surface area contributed by atoms with Crippen LogP contribution in [0.1, 0.15) is 52.9 Å². The van der Waals surface area contributed by atoms with Crippen LogP contribution in [-0.2, 0) is 9.59 Å². The first-order valence-electron chi connectivity index (χ1n) is 16.8. The molecule has 5 heterocycles. The molecule has 12 atom stereocenters. The number of nitrogens with zero attached hydrogens (tertiary/aromatic N) is 3. The number of hydrogen-bond donors (Lipinski definition) is 5. The second-order valence-electron chi connectivity index (χ2n) is 14.0. The number of amides is 4. The third kappa shape index (κ3) is 6.33. The molecule has 14 heteroatoms. The Balaban J connectivity index is 1.39. The van der Waals surface area contributed by atoms with Gasteiger partial charge in [-0.15, -0.1) is 11.8 Å². The molecule has 6 rings (SSSR count). The van der Waals surface area contributed by atoms with E-state index in [0.29, 0.717) is 51.3 Å². The molecule has 0 radical (unpaired) electrons. The molecule has 45 heavy (non-hydrogen) atoms. The van der Waals surface area contributed by atoms with E-state index in [1.165, 1.54) is 6.08 Å². The number of alkyl halides is 2. The van der Waals surface area contributed by atoms with Crippen molar-refractivity contribution in [2.24, 2.45) is 17.8 Å². The normalized spacial score (nSPS) is 43.1. The molecule has 1 aliphatic carbocycles. The van der Waals surface area contributed by atoms with E-state index in [-0.39, 0.29) is 66.0 Å². The number of halogens is 2. The Hall–Kier alpha value is -2.00. The van der Waals surface area contributed by atoms with E-state index in [2.05, 4.69) is 51.9 Å². The van der Waals surface area contributed by atoms with Crippen LogP contribution in [0.2, 0.25) is 0 Å². The van der Waals surface area contributed by atoms with Crippen LogP contribution >= 0.6 is 11.8 Å². The number of carbonyl (C=O) groups is 3. The smallest absolute Gasteiger partial charge is 0.320 e. The van der Waals surface area contributed by atoms with Gasteiger partial charge in [-0.05, 0) is 44.6 Å². The number of nitrogens with one attached hydrogen (secondary N) is 5. The second kappa shape index (κ2) is 13.6. The van der Waals surface area contributed by atoms with Crippen LogP contribution in [-0.4, -0.2) is 125 Å². The molecular weight excluding hydrogens is 602 g/mol. The highest BCUT2D eigenvalue weighted by Crippen LogP contribution is 2.42. The van der Waals surface area contributed by atoms with Gasteiger partial charge < -0.3 is 20.4 Å². The summed E-state index contributed by atoms with van der Waals surface area (Å²) in [6.07, 6.45) is -0.347. The first-order chi connectivity index (χ1) is 21.6. The quantitative estimate of drug-likeness (QED) is 0.290. The minimum Gasteiger partial charge on any atom is -0.353 e. The van der Waals surface area contributed by atoms with E-state index in [0.717, 1.165) is 0 Å². The lowest BCUT2D eigenvalue weighted by atomic mass is 9.72. The minimum atomic E-state index is -1.37. The molecule has 1 saturated carbocycles. The van der Waals surface area contributed by atoms with Crippen molar-refractivity contribution in [2.45, 2.75) is 113 Å². The van der Waals surface area contributed by atoms with Gasteiger partial charge in [-0.3, -0.25) is 30.4 Å². The van der Waals surface area contributed by atoms with Crippen molar-refractivity contribution in [3.05, 3.63) is 12.7 Å². The average molecular weight is 653 g/mol. The predicted octanol–water partition coefficient (Wildman–Crippen LogP) is 1.33. The second-order valence-corrected chi connectivity index (χ2v) is 15.3. The van der Waals surface area contributed by atoms with Crippen molar-refractivity contribution < 1.29 is 23.2 Å². The van der Waals surface area contributed by atoms with E-state index in [1.807, 2.05) is 11.8 Å². The summed E-state index contributed by atoms with van der Waals surface area (Å²) in [5.41, 5.74) is 0. The lowest BCUT2D eigenvalue weighted by Gasteiger charge is -2.60. The Labute approximate surface area is 269 Å². The van der Waals surface area contributed by atoms with Gasteiger partial charge in [0.1, 0.15) is 12.3 Å². The van der Waals surface area contributed by atoms with Gasteiger partial charge in [0.05, 0.1) is 23.7 Å². The maximum absolute atomic E-state index is 16.6. The molecule has 2 bridgehead atoms. The maximum atomic E-state index is 16.6. The summed E-state index contributed by atoms with van der Waals surface area (Å²) in [5, 5.41) is 16.9. The Bertz CT molecular complexity index is 1140. The lowest BCUT2D eigenvalue weighted by molar-refractivity contribution is -0.132. The number of piperazine rings is 1. The molecule has 11 nitrogen and oxygen atoms in total. The molecule has 0 aromatic heterocycles. The van der Waals surface area contributed by atoms with Crippen molar-refractivity contribution in [1.82, 2.24) is 41.3 Å². The van der Waals surface area contributed by atoms with E-state index in [9.17, 15) is 14.4 Å². The van der Waals surface area contributed by atoms with Gasteiger partial charge >= 0.3 is 6.03 Å². The first kappa shape index (κ1) is 32.9. The molecule has 0 aromatic carbocycles. The molecule has 4 amide bonds. The van der Waals surface area contributed by atoms with Crippen LogP contribution in [0, 0.1) is 17.8 Å². The third-order valence-corrected chi connectivity index (χ3v) is 12.3. The number of fused-ring (bicyclic) bond motifs is 5. The van der Waals surface area contributed by atoms with Gasteiger partial charge in [0.2, 0.25) is 11.8 Å². The Morgan fingerprint density at radius 3 is 2.62 bits per heavy atom. The predicted molar refractivity (Wildman–Crippen MR) is 169 cm³/mol. The average Bonchev–Trinajstić information content (AvgIpc) is 3.01. The number of rotatable bonds is 3. The van der Waals surface area contributed by atoms with Crippen molar-refractivity contribution in [2.75, 3.05) is 32.1 Å². The zero-order valence-corrected chi connectivity index (χ0v) is 27.4. The summed E-state index contributed by atoms with van der Waals surface area (Å²) < 4.78 is 32.4. The van der Waals surface area contributed by atoms with Crippen molar-refractivity contribution >= 4 is 29.6 Å². The fourth-order valence-electron chi connectivity index (χ4n) is 8.88. The van der Waals surface area contributed by atoms with Crippen LogP contribution in [0.5, 0.6) is 0 Å². The van der Waals surface area contributed by atoms with Gasteiger partial charge in [0.15, 0.2) is 0 Å². The topological polar surface area (TPSA) is 121 Å². The Morgan fingerprint density at radius 2 is 1.89 bits per heavy atom. The fourth-order valence-corrected chi connectivity index (χ4v) is 10.1. The van der Waals surface area contributed by atoms with E-state index < -0.39 is 42.7 Å². The highest BCUT2D eigenvalue weighted by Gasteiger charge is 2.57. The SMILES string of the molecule is C=CC(=O)N1CCN(C2NC(=O)N3C4NC(C(F)CC42)C2C(F)CCCC2NC(=O)CCSC2NCNC(C(C)C)C23)[C@H](C)C1. The van der Waals surface area contributed by atoms with Crippen LogP contribution in [0.3, 0.4) is 0 Å². The van der Waals surface area contributed by atoms with Crippen LogP contribution in [0.25, 0.3) is 0 Å². The van der Waals surface area contributed by atoms with Crippen molar-refractivity contribution in [1.29, 1.82) is 0 Å². The van der Waals surface area contributed by atoms with Crippen LogP contribution in [0.4, 0.5) is 13.6 Å². The molecule has 5 aliphatic heterocycles. The molecule has 0 spiro atoms. The highest BCUT2D eigenvalue weighted by atomic mass is 32.2. The van der Waals surface area contributed by atoms with Gasteiger partial charge in [-0.25, -0.2) is 13.6 Å². The van der Waals surface area contributed by atoms with E-state index in [1.54, 1.807) is 16.7 Å². The summed E-state index contributed by atoms with van der Waals surface area (Å²) >= 11 is 1.63. The third-order valence-electron chi connectivity index (χ3n) is 11.0. The van der Waals surface area contributed by atoms with Crippen molar-refractivity contribution in [3.63, 3.8) is 0 Å². The maximum Gasteiger partial charge on any atom is 0.320 e. The van der Waals surface area contributed by atoms with E-state index >= 15 is 8.78 Å².